The highest BCUT2D eigenvalue weighted by molar-refractivity contribution is 7.92. The Balaban J connectivity index is 1.64. The van der Waals surface area contributed by atoms with Gasteiger partial charge in [-0.15, -0.1) is 11.3 Å². The fourth-order valence-corrected chi connectivity index (χ4v) is 5.25. The molecule has 0 fully saturated rings. The molecule has 8 heteroatoms. The topological polar surface area (TPSA) is 97.4 Å². The molecule has 2 aromatic carbocycles. The lowest BCUT2D eigenvalue weighted by Gasteiger charge is -2.12. The Morgan fingerprint density at radius 2 is 1.64 bits per heavy atom. The van der Waals surface area contributed by atoms with Gasteiger partial charge in [-0.2, -0.15) is 0 Å². The summed E-state index contributed by atoms with van der Waals surface area (Å²) in [6.45, 7) is 4.29. The fourth-order valence-electron chi connectivity index (χ4n) is 3.30. The van der Waals surface area contributed by atoms with Crippen molar-refractivity contribution in [2.45, 2.75) is 24.6 Å². The first kappa shape index (κ1) is 22.7. The third kappa shape index (κ3) is 5.47. The van der Waals surface area contributed by atoms with Crippen molar-refractivity contribution in [1.82, 2.24) is 9.71 Å². The SMILES string of the molecule is Cc1ccc(-c2cc(CN=C(N)NS(=O)(=O)c3cccs3)cnc2-c2ccc(C)cc2)cc1. The Morgan fingerprint density at radius 3 is 2.24 bits per heavy atom. The molecule has 0 bridgehead atoms. The molecule has 3 N–H and O–H groups in total. The molecule has 0 unspecified atom stereocenters. The van der Waals surface area contributed by atoms with E-state index in [1.807, 2.05) is 13.0 Å². The number of nitrogens with one attached hydrogen (secondary N) is 1. The van der Waals surface area contributed by atoms with E-state index >= 15 is 0 Å². The van der Waals surface area contributed by atoms with E-state index in [-0.39, 0.29) is 16.7 Å². The van der Waals surface area contributed by atoms with Crippen LogP contribution in [0.25, 0.3) is 22.4 Å². The monoisotopic (exact) mass is 476 g/mol. The second-order valence-corrected chi connectivity index (χ2v) is 10.6. The zero-order chi connectivity index (χ0) is 23.4. The molecule has 0 aliphatic rings. The summed E-state index contributed by atoms with van der Waals surface area (Å²) in [4.78, 5) is 8.94. The molecule has 4 rings (SSSR count). The molecule has 168 valence electrons. The molecule has 0 atom stereocenters. The Bertz CT molecular complexity index is 1380. The van der Waals surface area contributed by atoms with Gasteiger partial charge in [0.25, 0.3) is 10.0 Å². The molecular weight excluding hydrogens is 452 g/mol. The Hall–Kier alpha value is -3.49. The first-order chi connectivity index (χ1) is 15.8. The molecule has 0 spiro atoms. The summed E-state index contributed by atoms with van der Waals surface area (Å²) >= 11 is 1.12. The summed E-state index contributed by atoms with van der Waals surface area (Å²) < 4.78 is 27.2. The minimum atomic E-state index is -3.73. The van der Waals surface area contributed by atoms with Gasteiger partial charge in [0, 0.05) is 17.3 Å². The summed E-state index contributed by atoms with van der Waals surface area (Å²) in [6.07, 6.45) is 1.75. The van der Waals surface area contributed by atoms with Crippen LogP contribution in [0.3, 0.4) is 0 Å². The van der Waals surface area contributed by atoms with Crippen LogP contribution in [0.4, 0.5) is 0 Å². The van der Waals surface area contributed by atoms with Crippen LogP contribution in [0.5, 0.6) is 0 Å². The highest BCUT2D eigenvalue weighted by atomic mass is 32.2. The zero-order valence-electron chi connectivity index (χ0n) is 18.3. The predicted molar refractivity (Wildman–Crippen MR) is 135 cm³/mol. The van der Waals surface area contributed by atoms with Gasteiger partial charge in [0.15, 0.2) is 0 Å². The smallest absolute Gasteiger partial charge is 0.273 e. The number of hydrogen-bond acceptors (Lipinski definition) is 5. The normalized spacial score (nSPS) is 12.0. The van der Waals surface area contributed by atoms with E-state index < -0.39 is 10.0 Å². The van der Waals surface area contributed by atoms with Gasteiger partial charge in [-0.25, -0.2) is 18.1 Å². The number of rotatable bonds is 6. The van der Waals surface area contributed by atoms with E-state index in [4.69, 9.17) is 10.7 Å². The van der Waals surface area contributed by atoms with Crippen molar-refractivity contribution in [1.29, 1.82) is 0 Å². The summed E-state index contributed by atoms with van der Waals surface area (Å²) in [5.41, 5.74) is 13.0. The van der Waals surface area contributed by atoms with Gasteiger partial charge < -0.3 is 5.73 Å². The van der Waals surface area contributed by atoms with E-state index in [2.05, 4.69) is 65.2 Å². The molecule has 33 heavy (non-hydrogen) atoms. The van der Waals surface area contributed by atoms with Gasteiger partial charge in [0.05, 0.1) is 12.2 Å². The van der Waals surface area contributed by atoms with Crippen LogP contribution in [0.15, 0.2) is 87.5 Å². The van der Waals surface area contributed by atoms with E-state index in [1.54, 1.807) is 17.6 Å². The van der Waals surface area contributed by atoms with Crippen LogP contribution >= 0.6 is 11.3 Å². The fraction of sp³-hybridized carbons (Fsp3) is 0.120. The Labute approximate surface area is 197 Å². The molecule has 0 aliphatic heterocycles. The maximum atomic E-state index is 12.3. The average molecular weight is 477 g/mol. The van der Waals surface area contributed by atoms with Crippen LogP contribution in [-0.2, 0) is 16.6 Å². The molecular formula is C25H24N4O2S2. The van der Waals surface area contributed by atoms with Crippen LogP contribution < -0.4 is 10.5 Å². The van der Waals surface area contributed by atoms with Gasteiger partial charge in [-0.3, -0.25) is 4.98 Å². The quantitative estimate of drug-likeness (QED) is 0.306. The summed E-state index contributed by atoms with van der Waals surface area (Å²) in [5.74, 6) is -0.164. The molecule has 0 aliphatic carbocycles. The maximum Gasteiger partial charge on any atom is 0.273 e. The van der Waals surface area contributed by atoms with Gasteiger partial charge in [0.2, 0.25) is 5.96 Å². The van der Waals surface area contributed by atoms with Crippen LogP contribution in [-0.4, -0.2) is 19.4 Å². The number of benzene rings is 2. The first-order valence-electron chi connectivity index (χ1n) is 10.3. The van der Waals surface area contributed by atoms with Crippen molar-refractivity contribution in [2.75, 3.05) is 0 Å². The largest absolute Gasteiger partial charge is 0.369 e. The van der Waals surface area contributed by atoms with E-state index in [0.29, 0.717) is 0 Å². The molecule has 2 heterocycles. The molecule has 0 radical (unpaired) electrons. The van der Waals surface area contributed by atoms with E-state index in [9.17, 15) is 8.42 Å². The number of nitrogens with zero attached hydrogens (tertiary/aromatic N) is 2. The third-order valence-electron chi connectivity index (χ3n) is 5.06. The van der Waals surface area contributed by atoms with Crippen LogP contribution in [0.2, 0.25) is 0 Å². The number of guanidine groups is 1. The average Bonchev–Trinajstić information content (AvgIpc) is 3.35. The van der Waals surface area contributed by atoms with Crippen molar-refractivity contribution in [3.8, 4) is 22.4 Å². The van der Waals surface area contributed by atoms with Gasteiger partial charge in [-0.05, 0) is 42.5 Å². The Morgan fingerprint density at radius 1 is 1.00 bits per heavy atom. The number of aliphatic imine (C=N–C) groups is 1. The minimum Gasteiger partial charge on any atom is -0.369 e. The first-order valence-corrected chi connectivity index (χ1v) is 12.7. The molecule has 4 aromatic rings. The number of nitrogens with two attached hydrogens (primary N) is 1. The molecule has 2 aromatic heterocycles. The standard InChI is InChI=1S/C25H24N4O2S2/c1-17-5-9-20(10-6-17)22-14-19(15-27-24(22)21-11-7-18(2)8-12-21)16-28-25(26)29-33(30,31)23-4-3-13-32-23/h3-15H,16H2,1-2H3,(H3,26,28,29). The lowest BCUT2D eigenvalue weighted by atomic mass is 9.97. The van der Waals surface area contributed by atoms with E-state index in [0.717, 1.165) is 39.3 Å². The second kappa shape index (κ2) is 9.56. The summed E-state index contributed by atoms with van der Waals surface area (Å²) in [5, 5.41) is 1.69. The third-order valence-corrected chi connectivity index (χ3v) is 7.81. The van der Waals surface area contributed by atoms with Crippen LogP contribution in [0, 0.1) is 13.8 Å². The number of hydrogen-bond donors (Lipinski definition) is 2. The Kier molecular flexibility index (Phi) is 6.57. The maximum absolute atomic E-state index is 12.3. The van der Waals surface area contributed by atoms with Gasteiger partial charge >= 0.3 is 0 Å². The number of aromatic nitrogens is 1. The minimum absolute atomic E-state index is 0.164. The van der Waals surface area contributed by atoms with E-state index in [1.165, 1.54) is 17.2 Å². The summed E-state index contributed by atoms with van der Waals surface area (Å²) in [7, 11) is -3.73. The van der Waals surface area contributed by atoms with Crippen molar-refractivity contribution >= 4 is 27.3 Å². The lowest BCUT2D eigenvalue weighted by Crippen LogP contribution is -2.36. The number of sulfonamides is 1. The predicted octanol–water partition coefficient (Wildman–Crippen LogP) is 4.89. The van der Waals surface area contributed by atoms with Crippen molar-refractivity contribution < 1.29 is 8.42 Å². The molecule has 0 saturated carbocycles. The van der Waals surface area contributed by atoms with Gasteiger partial charge in [-0.1, -0.05) is 65.7 Å². The number of aryl methyl sites for hydroxylation is 2. The van der Waals surface area contributed by atoms with Crippen molar-refractivity contribution in [3.63, 3.8) is 0 Å². The van der Waals surface area contributed by atoms with Crippen molar-refractivity contribution in [3.05, 3.63) is 95.0 Å². The number of pyridine rings is 1. The number of thiophene rings is 1. The van der Waals surface area contributed by atoms with Gasteiger partial charge in [0.1, 0.15) is 4.21 Å². The highest BCUT2D eigenvalue weighted by Crippen LogP contribution is 2.31. The van der Waals surface area contributed by atoms with Crippen molar-refractivity contribution in [2.24, 2.45) is 10.7 Å². The molecule has 0 saturated heterocycles. The summed E-state index contributed by atoms with van der Waals surface area (Å²) in [6, 6.07) is 21.7. The van der Waals surface area contributed by atoms with Crippen LogP contribution in [0.1, 0.15) is 16.7 Å². The lowest BCUT2D eigenvalue weighted by molar-refractivity contribution is 0.594. The molecule has 6 nitrogen and oxygen atoms in total. The second-order valence-electron chi connectivity index (χ2n) is 7.71. The zero-order valence-corrected chi connectivity index (χ0v) is 20.0. The highest BCUT2D eigenvalue weighted by Gasteiger charge is 2.16. The molecule has 0 amide bonds.